The number of hydrogen-bond acceptors (Lipinski definition) is 5. The molecular weight excluding hydrogens is 366 g/mol. The number of phenols is 1. The third-order valence-electron chi connectivity index (χ3n) is 4.52. The maximum atomic E-state index is 10.0. The molecule has 0 saturated carbocycles. The largest absolute Gasteiger partial charge is 0.508 e. The number of aromatic hydroxyl groups is 1. The normalized spacial score (nSPS) is 17.1. The minimum Gasteiger partial charge on any atom is -0.508 e. The number of ether oxygens (including phenoxy) is 1. The molecule has 0 radical (unpaired) electrons. The summed E-state index contributed by atoms with van der Waals surface area (Å²) in [6, 6.07) is 9.06. The SMILES string of the molecule is CN=C(NCc1cc(OC)ccc1O)NC1CCN(c2ncccc2Cl)C1. The van der Waals surface area contributed by atoms with Gasteiger partial charge in [-0.2, -0.15) is 0 Å². The molecule has 1 aromatic carbocycles. The van der Waals surface area contributed by atoms with E-state index in [1.165, 1.54) is 0 Å². The van der Waals surface area contributed by atoms with Crippen molar-refractivity contribution in [3.05, 3.63) is 47.1 Å². The third kappa shape index (κ3) is 4.74. The van der Waals surface area contributed by atoms with Crippen molar-refractivity contribution in [3.63, 3.8) is 0 Å². The van der Waals surface area contributed by atoms with Gasteiger partial charge in [0.05, 0.1) is 12.1 Å². The number of nitrogens with one attached hydrogen (secondary N) is 2. The second-order valence-corrected chi connectivity index (χ2v) is 6.71. The van der Waals surface area contributed by atoms with Crippen LogP contribution in [0.25, 0.3) is 0 Å². The number of benzene rings is 1. The van der Waals surface area contributed by atoms with Crippen LogP contribution >= 0.6 is 11.6 Å². The molecule has 1 aliphatic rings. The first kappa shape index (κ1) is 19.1. The van der Waals surface area contributed by atoms with Gasteiger partial charge in [0.15, 0.2) is 5.96 Å². The molecule has 0 spiro atoms. The predicted octanol–water partition coefficient (Wildman–Crippen LogP) is 2.39. The second-order valence-electron chi connectivity index (χ2n) is 6.31. The Morgan fingerprint density at radius 3 is 3.04 bits per heavy atom. The van der Waals surface area contributed by atoms with Crippen LogP contribution in [0.1, 0.15) is 12.0 Å². The number of aromatic nitrogens is 1. The summed E-state index contributed by atoms with van der Waals surface area (Å²) in [5.41, 5.74) is 0.741. The number of phenolic OH excluding ortho intramolecular Hbond substituents is 1. The zero-order chi connectivity index (χ0) is 19.2. The predicted molar refractivity (Wildman–Crippen MR) is 108 cm³/mol. The number of guanidine groups is 1. The Morgan fingerprint density at radius 1 is 1.44 bits per heavy atom. The van der Waals surface area contributed by atoms with E-state index in [2.05, 4.69) is 25.5 Å². The van der Waals surface area contributed by atoms with Gasteiger partial charge < -0.3 is 25.4 Å². The van der Waals surface area contributed by atoms with Gasteiger partial charge in [-0.15, -0.1) is 0 Å². The van der Waals surface area contributed by atoms with Gasteiger partial charge in [-0.25, -0.2) is 4.98 Å². The van der Waals surface area contributed by atoms with Gasteiger partial charge in [0, 0.05) is 44.5 Å². The van der Waals surface area contributed by atoms with Crippen molar-refractivity contribution in [2.75, 3.05) is 32.1 Å². The molecule has 1 aromatic heterocycles. The lowest BCUT2D eigenvalue weighted by Gasteiger charge is -2.20. The molecule has 3 rings (SSSR count). The summed E-state index contributed by atoms with van der Waals surface area (Å²) in [7, 11) is 3.33. The Morgan fingerprint density at radius 2 is 2.30 bits per heavy atom. The van der Waals surface area contributed by atoms with Crippen molar-refractivity contribution < 1.29 is 9.84 Å². The number of nitrogens with zero attached hydrogens (tertiary/aromatic N) is 3. The highest BCUT2D eigenvalue weighted by Crippen LogP contribution is 2.26. The molecule has 7 nitrogen and oxygen atoms in total. The summed E-state index contributed by atoms with van der Waals surface area (Å²) >= 11 is 6.25. The summed E-state index contributed by atoms with van der Waals surface area (Å²) in [4.78, 5) is 10.8. The number of halogens is 1. The molecule has 2 heterocycles. The molecule has 3 N–H and O–H groups in total. The molecule has 2 aromatic rings. The zero-order valence-corrected chi connectivity index (χ0v) is 16.2. The molecule has 1 atom stereocenters. The first-order valence-electron chi connectivity index (χ1n) is 8.79. The average Bonchev–Trinajstić information content (AvgIpc) is 3.14. The fraction of sp³-hybridized carbons (Fsp3) is 0.368. The summed E-state index contributed by atoms with van der Waals surface area (Å²) in [6.07, 6.45) is 2.71. The third-order valence-corrected chi connectivity index (χ3v) is 4.82. The highest BCUT2D eigenvalue weighted by atomic mass is 35.5. The van der Waals surface area contributed by atoms with E-state index >= 15 is 0 Å². The maximum absolute atomic E-state index is 10.0. The Bertz CT molecular complexity index is 814. The van der Waals surface area contributed by atoms with Crippen LogP contribution in [-0.4, -0.2) is 49.3 Å². The lowest BCUT2D eigenvalue weighted by Crippen LogP contribution is -2.44. The molecule has 0 amide bonds. The number of rotatable bonds is 5. The second kappa shape index (κ2) is 8.81. The molecule has 1 unspecified atom stereocenters. The first-order chi connectivity index (χ1) is 13.1. The van der Waals surface area contributed by atoms with E-state index in [1.807, 2.05) is 12.1 Å². The number of anilines is 1. The van der Waals surface area contributed by atoms with Crippen LogP contribution < -0.4 is 20.3 Å². The minimum absolute atomic E-state index is 0.218. The van der Waals surface area contributed by atoms with Crippen molar-refractivity contribution in [2.45, 2.75) is 19.0 Å². The van der Waals surface area contributed by atoms with E-state index in [9.17, 15) is 5.11 Å². The smallest absolute Gasteiger partial charge is 0.191 e. The molecule has 1 aliphatic heterocycles. The summed E-state index contributed by atoms with van der Waals surface area (Å²) in [5, 5.41) is 17.3. The van der Waals surface area contributed by atoms with Crippen molar-refractivity contribution in [1.29, 1.82) is 0 Å². The van der Waals surface area contributed by atoms with Gasteiger partial charge in [0.25, 0.3) is 0 Å². The molecule has 1 saturated heterocycles. The van der Waals surface area contributed by atoms with Crippen molar-refractivity contribution >= 4 is 23.4 Å². The van der Waals surface area contributed by atoms with Crippen molar-refractivity contribution in [3.8, 4) is 11.5 Å². The van der Waals surface area contributed by atoms with E-state index in [0.717, 1.165) is 30.9 Å². The Kier molecular flexibility index (Phi) is 6.24. The average molecular weight is 390 g/mol. The summed E-state index contributed by atoms with van der Waals surface area (Å²) in [5.74, 6) is 2.41. The van der Waals surface area contributed by atoms with Gasteiger partial charge >= 0.3 is 0 Å². The molecule has 0 bridgehead atoms. The molecule has 1 fully saturated rings. The van der Waals surface area contributed by atoms with Gasteiger partial charge in [0.2, 0.25) is 0 Å². The van der Waals surface area contributed by atoms with Crippen LogP contribution in [0.5, 0.6) is 11.5 Å². The molecular formula is C19H24ClN5O2. The summed E-state index contributed by atoms with van der Waals surface area (Å²) < 4.78 is 5.21. The van der Waals surface area contributed by atoms with Gasteiger partial charge in [-0.3, -0.25) is 4.99 Å². The van der Waals surface area contributed by atoms with Crippen LogP contribution in [0.15, 0.2) is 41.5 Å². The first-order valence-corrected chi connectivity index (χ1v) is 9.17. The van der Waals surface area contributed by atoms with Gasteiger partial charge in [-0.05, 0) is 36.8 Å². The van der Waals surface area contributed by atoms with Crippen LogP contribution in [-0.2, 0) is 6.54 Å². The van der Waals surface area contributed by atoms with E-state index in [0.29, 0.717) is 23.3 Å². The number of hydrogen-bond donors (Lipinski definition) is 3. The molecule has 27 heavy (non-hydrogen) atoms. The van der Waals surface area contributed by atoms with Gasteiger partial charge in [-0.1, -0.05) is 11.6 Å². The van der Waals surface area contributed by atoms with Gasteiger partial charge in [0.1, 0.15) is 17.3 Å². The minimum atomic E-state index is 0.218. The number of methoxy groups -OCH3 is 1. The van der Waals surface area contributed by atoms with Crippen LogP contribution in [0, 0.1) is 0 Å². The quantitative estimate of drug-likeness (QED) is 0.538. The van der Waals surface area contributed by atoms with E-state index in [4.69, 9.17) is 16.3 Å². The monoisotopic (exact) mass is 389 g/mol. The van der Waals surface area contributed by atoms with Crippen LogP contribution in [0.3, 0.4) is 0 Å². The summed E-state index contributed by atoms with van der Waals surface area (Å²) in [6.45, 7) is 2.11. The number of aliphatic imine (C=N–C) groups is 1. The van der Waals surface area contributed by atoms with E-state index in [1.54, 1.807) is 38.6 Å². The van der Waals surface area contributed by atoms with Crippen molar-refractivity contribution in [1.82, 2.24) is 15.6 Å². The van der Waals surface area contributed by atoms with E-state index < -0.39 is 0 Å². The lowest BCUT2D eigenvalue weighted by atomic mass is 10.2. The lowest BCUT2D eigenvalue weighted by molar-refractivity contribution is 0.410. The van der Waals surface area contributed by atoms with Crippen LogP contribution in [0.2, 0.25) is 5.02 Å². The fourth-order valence-corrected chi connectivity index (χ4v) is 3.32. The molecule has 8 heteroatoms. The molecule has 0 aliphatic carbocycles. The van der Waals surface area contributed by atoms with E-state index in [-0.39, 0.29) is 11.8 Å². The fourth-order valence-electron chi connectivity index (χ4n) is 3.08. The Labute approximate surface area is 164 Å². The highest BCUT2D eigenvalue weighted by Gasteiger charge is 2.25. The topological polar surface area (TPSA) is 82.0 Å². The zero-order valence-electron chi connectivity index (χ0n) is 15.4. The maximum Gasteiger partial charge on any atom is 0.191 e. The van der Waals surface area contributed by atoms with Crippen LogP contribution in [0.4, 0.5) is 5.82 Å². The standard InChI is InChI=1S/C19H24ClN5O2/c1-21-19(23-11-13-10-15(27-2)5-6-17(13)26)24-14-7-9-25(12-14)18-16(20)4-3-8-22-18/h3-6,8,10,14,26H,7,9,11-12H2,1-2H3,(H2,21,23,24). The van der Waals surface area contributed by atoms with Crippen molar-refractivity contribution in [2.24, 2.45) is 4.99 Å². The molecule has 144 valence electrons. The highest BCUT2D eigenvalue weighted by molar-refractivity contribution is 6.32. The Hall–Kier alpha value is -2.67. The Balaban J connectivity index is 1.56. The number of pyridine rings is 1.